The molecule has 16 heavy (non-hydrogen) atoms. The van der Waals surface area contributed by atoms with Gasteiger partial charge in [0.1, 0.15) is 0 Å². The van der Waals surface area contributed by atoms with Gasteiger partial charge in [0.25, 0.3) is 0 Å². The van der Waals surface area contributed by atoms with Crippen LogP contribution in [0.15, 0.2) is 24.5 Å². The van der Waals surface area contributed by atoms with Gasteiger partial charge in [0, 0.05) is 43.3 Å². The third-order valence-electron chi connectivity index (χ3n) is 1.60. The van der Waals surface area contributed by atoms with Gasteiger partial charge in [-0.3, -0.25) is 4.98 Å². The van der Waals surface area contributed by atoms with E-state index in [0.29, 0.717) is 12.1 Å². The van der Waals surface area contributed by atoms with Crippen molar-refractivity contribution in [3.63, 3.8) is 0 Å². The van der Waals surface area contributed by atoms with E-state index in [0.717, 1.165) is 5.56 Å². The number of hydrogen-bond donors (Lipinski definition) is 2. The smallest absolute Gasteiger partial charge is 0.0682 e. The van der Waals surface area contributed by atoms with Crippen molar-refractivity contribution in [3.8, 4) is 0 Å². The Balaban J connectivity index is 0. The second-order valence-corrected chi connectivity index (χ2v) is 3.99. The Morgan fingerprint density at radius 1 is 1.12 bits per heavy atom. The average Bonchev–Trinajstić information content (AvgIpc) is 2.18. The van der Waals surface area contributed by atoms with Crippen molar-refractivity contribution in [2.75, 3.05) is 0 Å². The van der Waals surface area contributed by atoms with Crippen molar-refractivity contribution in [1.82, 2.24) is 10.3 Å². The molecule has 1 heterocycles. The summed E-state index contributed by atoms with van der Waals surface area (Å²) >= 11 is 0. The third kappa shape index (κ3) is 11.7. The van der Waals surface area contributed by atoms with Crippen molar-refractivity contribution in [2.45, 2.75) is 46.4 Å². The maximum Gasteiger partial charge on any atom is 0.0682 e. The van der Waals surface area contributed by atoms with Gasteiger partial charge in [-0.15, -0.1) is 0 Å². The number of hydrogen-bond acceptors (Lipinski definition) is 3. The summed E-state index contributed by atoms with van der Waals surface area (Å²) in [6.45, 7) is 8.71. The van der Waals surface area contributed by atoms with Crippen LogP contribution in [0.25, 0.3) is 0 Å². The molecule has 0 unspecified atom stereocenters. The van der Waals surface area contributed by atoms with Crippen LogP contribution in [0.3, 0.4) is 0 Å². The van der Waals surface area contributed by atoms with Gasteiger partial charge in [0.2, 0.25) is 0 Å². The molecule has 0 atom stereocenters. The molecule has 1 aromatic rings. The molecular weight excluding hydrogens is 195 g/mol. The van der Waals surface area contributed by atoms with E-state index in [9.17, 15) is 0 Å². The number of nitrogens with zero attached hydrogens (tertiary/aromatic N) is 1. The Hall–Kier alpha value is -0.333. The Morgan fingerprint density at radius 3 is 1.75 bits per heavy atom. The molecule has 0 amide bonds. The van der Waals surface area contributed by atoms with Crippen LogP contribution in [0, 0.1) is 0 Å². The molecule has 4 heteroatoms. The summed E-state index contributed by atoms with van der Waals surface area (Å²) in [6, 6.07) is 4.81. The molecule has 87 valence electrons. The molecule has 0 fully saturated rings. The molecule has 1 rings (SSSR count). The summed E-state index contributed by atoms with van der Waals surface area (Å²) in [5.74, 6) is 0. The van der Waals surface area contributed by atoms with E-state index < -0.39 is 0 Å². The summed E-state index contributed by atoms with van der Waals surface area (Å²) in [6.07, 6.45) is 3.32. The number of nitrogens with one attached hydrogen (secondary N) is 1. The third-order valence-corrected chi connectivity index (χ3v) is 1.60. The molecule has 0 saturated heterocycles. The van der Waals surface area contributed by atoms with E-state index in [1.54, 1.807) is 24.5 Å². The topological polar surface area (TPSA) is 45.1 Å². The SMILES string of the molecule is CC(C)NC(C)C.OCc1ccncc1.[Li]. The van der Waals surface area contributed by atoms with E-state index in [-0.39, 0.29) is 25.5 Å². The van der Waals surface area contributed by atoms with Crippen LogP contribution in [0.2, 0.25) is 0 Å². The Kier molecular flexibility index (Phi) is 12.6. The Labute approximate surface area is 111 Å². The molecule has 3 nitrogen and oxygen atoms in total. The van der Waals surface area contributed by atoms with Gasteiger partial charge >= 0.3 is 0 Å². The van der Waals surface area contributed by atoms with Crippen LogP contribution >= 0.6 is 0 Å². The maximum atomic E-state index is 8.51. The second-order valence-electron chi connectivity index (χ2n) is 3.99. The van der Waals surface area contributed by atoms with Crippen molar-refractivity contribution in [2.24, 2.45) is 0 Å². The standard InChI is InChI=1S/C6H7NO.C6H15N.Li/c8-5-6-1-3-7-4-2-6;1-5(2)7-6(3)4;/h1-4,8H,5H2;5-7H,1-4H3;. The first-order valence-corrected chi connectivity index (χ1v) is 5.32. The van der Waals surface area contributed by atoms with Gasteiger partial charge < -0.3 is 10.4 Å². The van der Waals surface area contributed by atoms with Crippen LogP contribution in [0.1, 0.15) is 33.3 Å². The number of aliphatic hydroxyl groups is 1. The molecular formula is C12H22LiN2O. The quantitative estimate of drug-likeness (QED) is 0.756. The summed E-state index contributed by atoms with van der Waals surface area (Å²) < 4.78 is 0. The molecule has 0 aliphatic rings. The van der Waals surface area contributed by atoms with Gasteiger partial charge in [0.05, 0.1) is 6.61 Å². The predicted molar refractivity (Wildman–Crippen MR) is 69.3 cm³/mol. The zero-order chi connectivity index (χ0) is 11.7. The van der Waals surface area contributed by atoms with Gasteiger partial charge in [-0.25, -0.2) is 0 Å². The van der Waals surface area contributed by atoms with Crippen LogP contribution in [-0.4, -0.2) is 41.0 Å². The van der Waals surface area contributed by atoms with Crippen LogP contribution in [0.4, 0.5) is 0 Å². The normalized spacial score (nSPS) is 9.44. The van der Waals surface area contributed by atoms with Crippen LogP contribution in [0.5, 0.6) is 0 Å². The van der Waals surface area contributed by atoms with Crippen LogP contribution in [-0.2, 0) is 6.61 Å². The van der Waals surface area contributed by atoms with Gasteiger partial charge in [-0.2, -0.15) is 0 Å². The zero-order valence-corrected chi connectivity index (χ0v) is 11.1. The molecule has 1 radical (unpaired) electrons. The fourth-order valence-electron chi connectivity index (χ4n) is 1.15. The molecule has 0 bridgehead atoms. The first-order valence-electron chi connectivity index (χ1n) is 5.32. The van der Waals surface area contributed by atoms with Gasteiger partial charge in [0.15, 0.2) is 0 Å². The van der Waals surface area contributed by atoms with Crippen molar-refractivity contribution >= 4 is 18.9 Å². The fourth-order valence-corrected chi connectivity index (χ4v) is 1.15. The minimum atomic E-state index is 0. The predicted octanol–water partition coefficient (Wildman–Crippen LogP) is 1.59. The Bertz CT molecular complexity index is 234. The minimum absolute atomic E-state index is 0. The second kappa shape index (κ2) is 11.2. The zero-order valence-electron chi connectivity index (χ0n) is 11.1. The molecule has 1 aromatic heterocycles. The number of aliphatic hydroxyl groups excluding tert-OH is 1. The molecule has 0 aliphatic carbocycles. The monoisotopic (exact) mass is 217 g/mol. The number of aromatic nitrogens is 1. The van der Waals surface area contributed by atoms with E-state index >= 15 is 0 Å². The fraction of sp³-hybridized carbons (Fsp3) is 0.583. The van der Waals surface area contributed by atoms with E-state index in [1.807, 2.05) is 0 Å². The first-order chi connectivity index (χ1) is 7.06. The van der Waals surface area contributed by atoms with Crippen molar-refractivity contribution in [1.29, 1.82) is 0 Å². The van der Waals surface area contributed by atoms with Crippen molar-refractivity contribution < 1.29 is 5.11 Å². The average molecular weight is 217 g/mol. The summed E-state index contributed by atoms with van der Waals surface area (Å²) in [7, 11) is 0. The summed E-state index contributed by atoms with van der Waals surface area (Å²) in [5.41, 5.74) is 0.903. The van der Waals surface area contributed by atoms with Crippen LogP contribution < -0.4 is 5.32 Å². The van der Waals surface area contributed by atoms with Gasteiger partial charge in [-0.05, 0) is 17.7 Å². The molecule has 0 aliphatic heterocycles. The molecule has 0 aromatic carbocycles. The maximum absolute atomic E-state index is 8.51. The first kappa shape index (κ1) is 18.0. The van der Waals surface area contributed by atoms with E-state index in [1.165, 1.54) is 0 Å². The minimum Gasteiger partial charge on any atom is -0.392 e. The van der Waals surface area contributed by atoms with Gasteiger partial charge in [-0.1, -0.05) is 27.7 Å². The number of pyridine rings is 1. The molecule has 0 saturated carbocycles. The summed E-state index contributed by atoms with van der Waals surface area (Å²) in [5, 5.41) is 11.8. The van der Waals surface area contributed by atoms with Crippen molar-refractivity contribution in [3.05, 3.63) is 30.1 Å². The van der Waals surface area contributed by atoms with E-state index in [2.05, 4.69) is 38.0 Å². The number of rotatable bonds is 3. The van der Waals surface area contributed by atoms with E-state index in [4.69, 9.17) is 5.11 Å². The summed E-state index contributed by atoms with van der Waals surface area (Å²) in [4.78, 5) is 3.78. The Morgan fingerprint density at radius 2 is 1.56 bits per heavy atom. The molecule has 2 N–H and O–H groups in total. The largest absolute Gasteiger partial charge is 0.392 e. The molecule has 0 spiro atoms.